The lowest BCUT2D eigenvalue weighted by Gasteiger charge is -2.22. The van der Waals surface area contributed by atoms with Crippen LogP contribution < -0.4 is 0 Å². The van der Waals surface area contributed by atoms with E-state index in [-0.39, 0.29) is 24.0 Å². The summed E-state index contributed by atoms with van der Waals surface area (Å²) in [6.45, 7) is 0. The molecular formula is C10H11NO3. The number of nitriles is 1. The van der Waals surface area contributed by atoms with Crippen molar-refractivity contribution in [3.05, 3.63) is 0 Å². The van der Waals surface area contributed by atoms with Crippen LogP contribution in [0.5, 0.6) is 0 Å². The Kier molecular flexibility index (Phi) is 1.84. The number of rotatable bonds is 2. The van der Waals surface area contributed by atoms with Gasteiger partial charge in [0.25, 0.3) is 0 Å². The zero-order valence-corrected chi connectivity index (χ0v) is 7.69. The van der Waals surface area contributed by atoms with Crippen molar-refractivity contribution in [2.24, 2.45) is 17.3 Å². The number of hydrogen-bond acceptors (Lipinski definition) is 3. The molecule has 0 aliphatic heterocycles. The topological polar surface area (TPSA) is 78.2 Å². The molecule has 2 aliphatic carbocycles. The number of aliphatic carboxylic acids is 1. The smallest absolute Gasteiger partial charge is 0.310 e. The molecule has 4 nitrogen and oxygen atoms in total. The molecular weight excluding hydrogens is 182 g/mol. The van der Waals surface area contributed by atoms with E-state index in [1.165, 1.54) is 0 Å². The molecule has 0 aromatic heterocycles. The van der Waals surface area contributed by atoms with E-state index >= 15 is 0 Å². The number of carboxylic acid groups (broad SMARTS) is 1. The highest BCUT2D eigenvalue weighted by molar-refractivity contribution is 5.90. The average Bonchev–Trinajstić information content (AvgIpc) is 2.83. The van der Waals surface area contributed by atoms with Gasteiger partial charge in [-0.2, -0.15) is 5.26 Å². The Bertz CT molecular complexity index is 344. The Morgan fingerprint density at radius 1 is 1.64 bits per heavy atom. The Morgan fingerprint density at radius 2 is 2.36 bits per heavy atom. The van der Waals surface area contributed by atoms with Crippen molar-refractivity contribution in [3.8, 4) is 6.07 Å². The second-order valence-electron chi connectivity index (χ2n) is 4.25. The number of carboxylic acids is 1. The van der Waals surface area contributed by atoms with Gasteiger partial charge in [-0.1, -0.05) is 0 Å². The van der Waals surface area contributed by atoms with Crippen molar-refractivity contribution >= 4 is 11.8 Å². The van der Waals surface area contributed by atoms with E-state index in [4.69, 9.17) is 10.4 Å². The van der Waals surface area contributed by atoms with Gasteiger partial charge < -0.3 is 5.11 Å². The van der Waals surface area contributed by atoms with Gasteiger partial charge in [-0.05, 0) is 18.8 Å². The Labute approximate surface area is 81.5 Å². The minimum absolute atomic E-state index is 0.0241. The molecule has 14 heavy (non-hydrogen) atoms. The first-order valence-corrected chi connectivity index (χ1v) is 4.75. The summed E-state index contributed by atoms with van der Waals surface area (Å²) in [5, 5.41) is 17.8. The molecule has 0 aromatic carbocycles. The van der Waals surface area contributed by atoms with Crippen LogP contribution in [-0.4, -0.2) is 16.9 Å². The molecule has 4 heteroatoms. The molecule has 0 spiro atoms. The van der Waals surface area contributed by atoms with Crippen molar-refractivity contribution in [1.82, 2.24) is 0 Å². The third-order valence-electron chi connectivity index (χ3n) is 3.45. The fourth-order valence-corrected chi connectivity index (χ4v) is 2.50. The summed E-state index contributed by atoms with van der Waals surface area (Å²) < 4.78 is 0. The van der Waals surface area contributed by atoms with E-state index in [2.05, 4.69) is 6.07 Å². The van der Waals surface area contributed by atoms with Crippen molar-refractivity contribution in [1.29, 1.82) is 5.26 Å². The zero-order valence-electron chi connectivity index (χ0n) is 7.69. The van der Waals surface area contributed by atoms with Crippen molar-refractivity contribution < 1.29 is 14.7 Å². The quantitative estimate of drug-likeness (QED) is 0.708. The molecule has 0 radical (unpaired) electrons. The van der Waals surface area contributed by atoms with Gasteiger partial charge >= 0.3 is 5.97 Å². The highest BCUT2D eigenvalue weighted by Gasteiger charge is 2.60. The predicted octanol–water partition coefficient (Wildman–Crippen LogP) is 0.970. The fourth-order valence-electron chi connectivity index (χ4n) is 2.50. The van der Waals surface area contributed by atoms with Gasteiger partial charge in [0.1, 0.15) is 5.78 Å². The number of hydrogen-bond donors (Lipinski definition) is 1. The van der Waals surface area contributed by atoms with Crippen molar-refractivity contribution in [3.63, 3.8) is 0 Å². The molecule has 1 N–H and O–H groups in total. The minimum atomic E-state index is -0.905. The highest BCUT2D eigenvalue weighted by Crippen LogP contribution is 2.57. The van der Waals surface area contributed by atoms with Crippen molar-refractivity contribution in [2.75, 3.05) is 0 Å². The van der Waals surface area contributed by atoms with E-state index < -0.39 is 11.4 Å². The molecule has 0 aromatic rings. The highest BCUT2D eigenvalue weighted by atomic mass is 16.4. The second-order valence-corrected chi connectivity index (χ2v) is 4.25. The first-order chi connectivity index (χ1) is 6.60. The number of nitrogens with zero attached hydrogens (tertiary/aromatic N) is 1. The molecule has 0 bridgehead atoms. The van der Waals surface area contributed by atoms with Gasteiger partial charge in [-0.3, -0.25) is 9.59 Å². The van der Waals surface area contributed by atoms with Crippen LogP contribution in [0.1, 0.15) is 25.7 Å². The molecule has 74 valence electrons. The lowest BCUT2D eigenvalue weighted by Crippen LogP contribution is -2.31. The molecule has 0 heterocycles. The molecule has 2 aliphatic rings. The third kappa shape index (κ3) is 1.12. The van der Waals surface area contributed by atoms with E-state index in [0.717, 1.165) is 0 Å². The predicted molar refractivity (Wildman–Crippen MR) is 46.1 cm³/mol. The van der Waals surface area contributed by atoms with Crippen LogP contribution in [0.3, 0.4) is 0 Å². The van der Waals surface area contributed by atoms with E-state index in [1.54, 1.807) is 0 Å². The van der Waals surface area contributed by atoms with Crippen LogP contribution in [0, 0.1) is 28.6 Å². The molecule has 0 saturated heterocycles. The van der Waals surface area contributed by atoms with Crippen molar-refractivity contribution in [2.45, 2.75) is 25.7 Å². The molecule has 2 rings (SSSR count). The van der Waals surface area contributed by atoms with Gasteiger partial charge in [0, 0.05) is 12.8 Å². The van der Waals surface area contributed by atoms with Crippen LogP contribution >= 0.6 is 0 Å². The molecule has 2 fully saturated rings. The summed E-state index contributed by atoms with van der Waals surface area (Å²) >= 11 is 0. The van der Waals surface area contributed by atoms with E-state index in [9.17, 15) is 9.59 Å². The normalized spacial score (nSPS) is 40.6. The van der Waals surface area contributed by atoms with Gasteiger partial charge in [-0.25, -0.2) is 0 Å². The Balaban J connectivity index is 2.22. The van der Waals surface area contributed by atoms with E-state index in [0.29, 0.717) is 19.3 Å². The summed E-state index contributed by atoms with van der Waals surface area (Å²) in [6.07, 6.45) is 1.56. The molecule has 0 amide bonds. The van der Waals surface area contributed by atoms with Crippen LogP contribution in [0.25, 0.3) is 0 Å². The fraction of sp³-hybridized carbons (Fsp3) is 0.700. The first kappa shape index (κ1) is 9.20. The molecule has 3 unspecified atom stereocenters. The van der Waals surface area contributed by atoms with E-state index in [1.807, 2.05) is 0 Å². The average molecular weight is 193 g/mol. The maximum atomic E-state index is 11.2. The summed E-state index contributed by atoms with van der Waals surface area (Å²) in [5.41, 5.74) is -0.905. The number of carbonyl (C=O) groups excluding carboxylic acids is 1. The van der Waals surface area contributed by atoms with Crippen LogP contribution in [0.15, 0.2) is 0 Å². The molecule has 2 saturated carbocycles. The number of ketones is 1. The number of Topliss-reactive ketones (excluding diaryl/α,β-unsaturated/α-hetero) is 1. The Hall–Kier alpha value is -1.37. The minimum Gasteiger partial charge on any atom is -0.481 e. The Morgan fingerprint density at radius 3 is 2.71 bits per heavy atom. The maximum Gasteiger partial charge on any atom is 0.310 e. The zero-order chi connectivity index (χ0) is 10.3. The summed E-state index contributed by atoms with van der Waals surface area (Å²) in [4.78, 5) is 22.3. The summed E-state index contributed by atoms with van der Waals surface area (Å²) in [7, 11) is 0. The van der Waals surface area contributed by atoms with Crippen LogP contribution in [0.2, 0.25) is 0 Å². The molecule has 3 atom stereocenters. The van der Waals surface area contributed by atoms with Crippen LogP contribution in [-0.2, 0) is 9.59 Å². The van der Waals surface area contributed by atoms with Crippen LogP contribution in [0.4, 0.5) is 0 Å². The third-order valence-corrected chi connectivity index (χ3v) is 3.45. The lowest BCUT2D eigenvalue weighted by atomic mass is 9.80. The second kappa shape index (κ2) is 2.81. The van der Waals surface area contributed by atoms with Gasteiger partial charge in [0.15, 0.2) is 0 Å². The summed E-state index contributed by atoms with van der Waals surface area (Å²) in [6, 6.07) is 2.09. The van der Waals surface area contributed by atoms with Gasteiger partial charge in [0.05, 0.1) is 17.4 Å². The summed E-state index contributed by atoms with van der Waals surface area (Å²) in [5.74, 6) is -1.10. The largest absolute Gasteiger partial charge is 0.481 e. The first-order valence-electron chi connectivity index (χ1n) is 4.75. The lowest BCUT2D eigenvalue weighted by molar-refractivity contribution is -0.151. The van der Waals surface area contributed by atoms with Gasteiger partial charge in [-0.15, -0.1) is 0 Å². The standard InChI is InChI=1S/C10H11NO3/c11-5-6-3-8(6)10(9(13)14)2-1-7(12)4-10/h6,8H,1-4H2,(H,13,14). The number of carbonyl (C=O) groups is 2. The van der Waals surface area contributed by atoms with Gasteiger partial charge in [0.2, 0.25) is 0 Å². The SMILES string of the molecule is N#CC1CC1C1(C(=O)O)CCC(=O)C1. The maximum absolute atomic E-state index is 11.2. The monoisotopic (exact) mass is 193 g/mol.